The number of nitrogens with two attached hydrogens (primary N) is 1. The molecule has 0 fully saturated rings. The molecule has 0 heterocycles. The Bertz CT molecular complexity index is 577. The van der Waals surface area contributed by atoms with Gasteiger partial charge in [-0.05, 0) is 79.9 Å². The lowest BCUT2D eigenvalue weighted by molar-refractivity contribution is -0.140. The maximum Gasteiger partial charge on any atom is 0.326 e. The van der Waals surface area contributed by atoms with Gasteiger partial charge in [-0.2, -0.15) is 0 Å². The van der Waals surface area contributed by atoms with Crippen LogP contribution in [0.3, 0.4) is 0 Å². The van der Waals surface area contributed by atoms with E-state index < -0.39 is 30.2 Å². The van der Waals surface area contributed by atoms with E-state index in [0.29, 0.717) is 5.56 Å². The average molecular weight is 614 g/mol. The molecule has 2 amide bonds. The van der Waals surface area contributed by atoms with E-state index in [1.54, 1.807) is 6.07 Å². The SMILES string of the molecule is NC(=O)CC(NC(=O)c1cc(I)cc(I)c1I)C(=O)O. The molecule has 0 saturated heterocycles. The Morgan fingerprint density at radius 2 is 1.85 bits per heavy atom. The molecule has 6 nitrogen and oxygen atoms in total. The van der Waals surface area contributed by atoms with Crippen molar-refractivity contribution in [3.05, 3.63) is 28.4 Å². The maximum atomic E-state index is 12.1. The predicted octanol–water partition coefficient (Wildman–Crippen LogP) is 1.56. The number of amides is 2. The second-order valence-electron chi connectivity index (χ2n) is 3.78. The second kappa shape index (κ2) is 7.72. The van der Waals surface area contributed by atoms with Crippen LogP contribution in [0.2, 0.25) is 0 Å². The van der Waals surface area contributed by atoms with Crippen molar-refractivity contribution in [3.8, 4) is 0 Å². The molecule has 0 aliphatic rings. The van der Waals surface area contributed by atoms with Gasteiger partial charge in [0.1, 0.15) is 6.04 Å². The summed E-state index contributed by atoms with van der Waals surface area (Å²) < 4.78 is 2.48. The fourth-order valence-corrected chi connectivity index (χ4v) is 3.76. The third-order valence-electron chi connectivity index (χ3n) is 2.25. The molecule has 1 atom stereocenters. The molecule has 0 aliphatic carbocycles. The molecule has 1 aromatic rings. The van der Waals surface area contributed by atoms with E-state index in [0.717, 1.165) is 10.7 Å². The van der Waals surface area contributed by atoms with Crippen LogP contribution in [0, 0.1) is 10.7 Å². The van der Waals surface area contributed by atoms with E-state index in [9.17, 15) is 14.4 Å². The van der Waals surface area contributed by atoms with Crippen molar-refractivity contribution in [3.63, 3.8) is 0 Å². The molecule has 0 saturated carbocycles. The highest BCUT2D eigenvalue weighted by Crippen LogP contribution is 2.22. The lowest BCUT2D eigenvalue weighted by atomic mass is 10.1. The molecule has 0 spiro atoms. The quantitative estimate of drug-likeness (QED) is 0.346. The molecule has 0 bridgehead atoms. The van der Waals surface area contributed by atoms with Crippen LogP contribution in [-0.2, 0) is 9.59 Å². The van der Waals surface area contributed by atoms with Crippen molar-refractivity contribution in [1.82, 2.24) is 5.32 Å². The Kier molecular flexibility index (Phi) is 6.90. The molecule has 9 heteroatoms. The minimum Gasteiger partial charge on any atom is -0.480 e. The van der Waals surface area contributed by atoms with Crippen molar-refractivity contribution >= 4 is 85.6 Å². The standard InChI is InChI=1S/C11H9I3N2O4/c12-4-1-5(9(14)6(13)2-4)10(18)16-7(11(19)20)3-8(15)17/h1-2,7H,3H2,(H2,15,17)(H,16,18)(H,19,20). The van der Waals surface area contributed by atoms with Crippen LogP contribution in [0.15, 0.2) is 12.1 Å². The van der Waals surface area contributed by atoms with Crippen LogP contribution in [-0.4, -0.2) is 28.9 Å². The van der Waals surface area contributed by atoms with Gasteiger partial charge in [0, 0.05) is 10.7 Å². The highest BCUT2D eigenvalue weighted by Gasteiger charge is 2.24. The highest BCUT2D eigenvalue weighted by atomic mass is 127. The van der Waals surface area contributed by atoms with Gasteiger partial charge in [0.25, 0.3) is 5.91 Å². The third-order valence-corrected chi connectivity index (χ3v) is 5.91. The number of hydrogen-bond donors (Lipinski definition) is 3. The van der Waals surface area contributed by atoms with E-state index in [1.807, 2.05) is 28.7 Å². The molecule has 0 radical (unpaired) electrons. The minimum absolute atomic E-state index is 0.373. The molecule has 1 rings (SSSR count). The van der Waals surface area contributed by atoms with Crippen molar-refractivity contribution in [2.24, 2.45) is 5.73 Å². The second-order valence-corrected chi connectivity index (χ2v) is 7.27. The summed E-state index contributed by atoms with van der Waals surface area (Å²) in [7, 11) is 0. The largest absolute Gasteiger partial charge is 0.480 e. The summed E-state index contributed by atoms with van der Waals surface area (Å²) in [6.07, 6.45) is -0.446. The normalized spacial score (nSPS) is 11.8. The van der Waals surface area contributed by atoms with E-state index in [4.69, 9.17) is 10.8 Å². The van der Waals surface area contributed by atoms with Gasteiger partial charge in [-0.3, -0.25) is 9.59 Å². The smallest absolute Gasteiger partial charge is 0.326 e. The number of rotatable bonds is 5. The summed E-state index contributed by atoms with van der Waals surface area (Å²) >= 11 is 6.18. The Labute approximate surface area is 155 Å². The van der Waals surface area contributed by atoms with Crippen LogP contribution in [0.1, 0.15) is 16.8 Å². The summed E-state index contributed by atoms with van der Waals surface area (Å²) in [6.45, 7) is 0. The van der Waals surface area contributed by atoms with Crippen LogP contribution in [0.4, 0.5) is 0 Å². The number of nitrogens with one attached hydrogen (secondary N) is 1. The van der Waals surface area contributed by atoms with Crippen molar-refractivity contribution in [2.45, 2.75) is 12.5 Å². The van der Waals surface area contributed by atoms with Crippen LogP contribution < -0.4 is 11.1 Å². The molecule has 4 N–H and O–H groups in total. The molecule has 1 aromatic carbocycles. The first kappa shape index (κ1) is 17.9. The van der Waals surface area contributed by atoms with Crippen LogP contribution in [0.25, 0.3) is 0 Å². The average Bonchev–Trinajstić information content (AvgIpc) is 2.32. The first-order valence-corrected chi connectivity index (χ1v) is 8.42. The monoisotopic (exact) mass is 614 g/mol. The molecular weight excluding hydrogens is 605 g/mol. The zero-order valence-corrected chi connectivity index (χ0v) is 16.3. The van der Waals surface area contributed by atoms with Gasteiger partial charge >= 0.3 is 5.97 Å². The van der Waals surface area contributed by atoms with Crippen molar-refractivity contribution < 1.29 is 19.5 Å². The summed E-state index contributed by atoms with van der Waals surface area (Å²) in [5.74, 6) is -2.63. The summed E-state index contributed by atoms with van der Waals surface area (Å²) in [5, 5.41) is 11.3. The van der Waals surface area contributed by atoms with Gasteiger partial charge in [-0.1, -0.05) is 0 Å². The first-order chi connectivity index (χ1) is 9.22. The van der Waals surface area contributed by atoms with Crippen LogP contribution in [0.5, 0.6) is 0 Å². The number of carbonyl (C=O) groups excluding carboxylic acids is 2. The Balaban J connectivity index is 3.00. The molecule has 0 aliphatic heterocycles. The lowest BCUT2D eigenvalue weighted by Crippen LogP contribution is -2.43. The fraction of sp³-hybridized carbons (Fsp3) is 0.182. The number of carbonyl (C=O) groups is 3. The summed E-state index contributed by atoms with van der Waals surface area (Å²) in [5.41, 5.74) is 5.34. The van der Waals surface area contributed by atoms with Gasteiger partial charge in [0.2, 0.25) is 5.91 Å². The lowest BCUT2D eigenvalue weighted by Gasteiger charge is -2.14. The topological polar surface area (TPSA) is 109 Å². The van der Waals surface area contributed by atoms with Gasteiger partial charge in [-0.15, -0.1) is 0 Å². The van der Waals surface area contributed by atoms with E-state index in [2.05, 4.69) is 50.5 Å². The number of primary amides is 1. The summed E-state index contributed by atoms with van der Waals surface area (Å²) in [6, 6.07) is 2.23. The van der Waals surface area contributed by atoms with Crippen molar-refractivity contribution in [1.29, 1.82) is 0 Å². The molecule has 20 heavy (non-hydrogen) atoms. The number of carboxylic acids is 1. The third kappa shape index (κ3) is 4.98. The Hall–Kier alpha value is -0.180. The van der Waals surface area contributed by atoms with E-state index in [1.165, 1.54) is 0 Å². The van der Waals surface area contributed by atoms with Crippen LogP contribution >= 0.6 is 67.8 Å². The Morgan fingerprint density at radius 1 is 1.25 bits per heavy atom. The highest BCUT2D eigenvalue weighted by molar-refractivity contribution is 14.1. The molecule has 108 valence electrons. The number of carboxylic acid groups (broad SMARTS) is 1. The number of aliphatic carboxylic acids is 1. The summed E-state index contributed by atoms with van der Waals surface area (Å²) in [4.78, 5) is 33.9. The van der Waals surface area contributed by atoms with E-state index >= 15 is 0 Å². The fourth-order valence-electron chi connectivity index (χ4n) is 1.36. The Morgan fingerprint density at radius 3 is 2.35 bits per heavy atom. The number of hydrogen-bond acceptors (Lipinski definition) is 3. The van der Waals surface area contributed by atoms with Gasteiger partial charge in [0.15, 0.2) is 0 Å². The molecular formula is C11H9I3N2O4. The maximum absolute atomic E-state index is 12.1. The zero-order valence-electron chi connectivity index (χ0n) is 9.82. The van der Waals surface area contributed by atoms with Gasteiger partial charge < -0.3 is 16.2 Å². The predicted molar refractivity (Wildman–Crippen MR) is 97.3 cm³/mol. The number of benzene rings is 1. The zero-order chi connectivity index (χ0) is 15.4. The minimum atomic E-state index is -1.33. The van der Waals surface area contributed by atoms with Crippen molar-refractivity contribution in [2.75, 3.05) is 0 Å². The van der Waals surface area contributed by atoms with Gasteiger partial charge in [0.05, 0.1) is 12.0 Å². The first-order valence-electron chi connectivity index (χ1n) is 5.19. The number of halogens is 3. The van der Waals surface area contributed by atoms with E-state index in [-0.39, 0.29) is 0 Å². The molecule has 1 unspecified atom stereocenters. The molecule has 0 aromatic heterocycles. The van der Waals surface area contributed by atoms with Gasteiger partial charge in [-0.25, -0.2) is 4.79 Å².